The summed E-state index contributed by atoms with van der Waals surface area (Å²) in [5, 5.41) is 0. The molecule has 0 radical (unpaired) electrons. The highest BCUT2D eigenvalue weighted by Gasteiger charge is 2.36. The van der Waals surface area contributed by atoms with Crippen molar-refractivity contribution in [1.82, 2.24) is 0 Å². The molecule has 1 aliphatic carbocycles. The largest absolute Gasteiger partial charge is 0.370 e. The van der Waals surface area contributed by atoms with Crippen LogP contribution >= 0.6 is 0 Å². The first kappa shape index (κ1) is 11.5. The summed E-state index contributed by atoms with van der Waals surface area (Å²) >= 11 is 0. The lowest BCUT2D eigenvalue weighted by molar-refractivity contribution is 0.0462. The first-order valence-electron chi connectivity index (χ1n) is 4.89. The molecule has 1 aliphatic rings. The maximum atomic E-state index is 5.50. The van der Waals surface area contributed by atoms with Gasteiger partial charge < -0.3 is 9.47 Å². The van der Waals surface area contributed by atoms with Crippen molar-refractivity contribution in [2.75, 3.05) is 14.2 Å². The van der Waals surface area contributed by atoms with E-state index in [2.05, 4.69) is 39.8 Å². The molecule has 0 fully saturated rings. The van der Waals surface area contributed by atoms with E-state index in [4.69, 9.17) is 9.47 Å². The van der Waals surface area contributed by atoms with E-state index in [9.17, 15) is 0 Å². The third kappa shape index (κ3) is 1.53. The van der Waals surface area contributed by atoms with Gasteiger partial charge in [0.25, 0.3) is 0 Å². The summed E-state index contributed by atoms with van der Waals surface area (Å²) in [6, 6.07) is 0. The molecule has 0 bridgehead atoms. The molecule has 1 rings (SSSR count). The van der Waals surface area contributed by atoms with Gasteiger partial charge in [-0.15, -0.1) is 0 Å². The first-order chi connectivity index (χ1) is 6.39. The van der Waals surface area contributed by atoms with E-state index in [1.54, 1.807) is 14.2 Å². The van der Waals surface area contributed by atoms with E-state index in [-0.39, 0.29) is 11.2 Å². The number of ether oxygens (including phenoxy) is 2. The molecular formula is C12H20O2. The second-order valence-corrected chi connectivity index (χ2v) is 4.21. The SMILES string of the molecule is COC1(C)C=CC(C)(OC)C(C)=C1C. The summed E-state index contributed by atoms with van der Waals surface area (Å²) in [5.41, 5.74) is 1.91. The van der Waals surface area contributed by atoms with E-state index < -0.39 is 0 Å². The Morgan fingerprint density at radius 3 is 1.36 bits per heavy atom. The smallest absolute Gasteiger partial charge is 0.104 e. The number of hydrogen-bond donors (Lipinski definition) is 0. The van der Waals surface area contributed by atoms with Crippen LogP contribution in [0.15, 0.2) is 23.3 Å². The Kier molecular flexibility index (Phi) is 2.88. The van der Waals surface area contributed by atoms with Gasteiger partial charge in [0, 0.05) is 14.2 Å². The van der Waals surface area contributed by atoms with Crippen LogP contribution in [-0.4, -0.2) is 25.4 Å². The average molecular weight is 196 g/mol. The Morgan fingerprint density at radius 2 is 1.14 bits per heavy atom. The highest BCUT2D eigenvalue weighted by Crippen LogP contribution is 2.37. The van der Waals surface area contributed by atoms with Crippen LogP contribution in [0, 0.1) is 0 Å². The van der Waals surface area contributed by atoms with Gasteiger partial charge in [0.1, 0.15) is 11.2 Å². The third-order valence-electron chi connectivity index (χ3n) is 3.62. The molecule has 2 nitrogen and oxygen atoms in total. The number of rotatable bonds is 2. The van der Waals surface area contributed by atoms with Crippen molar-refractivity contribution in [3.8, 4) is 0 Å². The van der Waals surface area contributed by atoms with Gasteiger partial charge in [0.2, 0.25) is 0 Å². The van der Waals surface area contributed by atoms with Crippen molar-refractivity contribution in [2.45, 2.75) is 38.9 Å². The van der Waals surface area contributed by atoms with E-state index >= 15 is 0 Å². The Hall–Kier alpha value is -0.600. The summed E-state index contributed by atoms with van der Waals surface area (Å²) in [7, 11) is 3.47. The fourth-order valence-electron chi connectivity index (χ4n) is 1.75. The normalized spacial score (nSPS) is 37.9. The third-order valence-corrected chi connectivity index (χ3v) is 3.62. The molecule has 0 heterocycles. The average Bonchev–Trinajstić information content (AvgIpc) is 2.21. The Morgan fingerprint density at radius 1 is 0.857 bits per heavy atom. The van der Waals surface area contributed by atoms with Crippen LogP contribution in [0.25, 0.3) is 0 Å². The van der Waals surface area contributed by atoms with E-state index in [1.807, 2.05) is 0 Å². The molecule has 2 unspecified atom stereocenters. The summed E-state index contributed by atoms with van der Waals surface area (Å²) in [6.07, 6.45) is 4.14. The maximum absolute atomic E-state index is 5.50. The molecule has 0 spiro atoms. The van der Waals surface area contributed by atoms with Crippen molar-refractivity contribution in [3.63, 3.8) is 0 Å². The molecule has 80 valence electrons. The summed E-state index contributed by atoms with van der Waals surface area (Å²) in [5.74, 6) is 0. The summed E-state index contributed by atoms with van der Waals surface area (Å²) < 4.78 is 11.0. The Labute approximate surface area is 86.6 Å². The van der Waals surface area contributed by atoms with Crippen LogP contribution in [0.4, 0.5) is 0 Å². The van der Waals surface area contributed by atoms with Gasteiger partial charge in [0.05, 0.1) is 0 Å². The fraction of sp³-hybridized carbons (Fsp3) is 0.667. The van der Waals surface area contributed by atoms with Gasteiger partial charge in [-0.3, -0.25) is 0 Å². The fourth-order valence-corrected chi connectivity index (χ4v) is 1.75. The predicted octanol–water partition coefficient (Wildman–Crippen LogP) is 2.70. The van der Waals surface area contributed by atoms with Gasteiger partial charge in [-0.1, -0.05) is 0 Å². The first-order valence-corrected chi connectivity index (χ1v) is 4.89. The lowest BCUT2D eigenvalue weighted by Crippen LogP contribution is -2.38. The molecule has 0 saturated heterocycles. The lowest BCUT2D eigenvalue weighted by Gasteiger charge is -2.38. The molecule has 0 saturated carbocycles. The van der Waals surface area contributed by atoms with Crippen molar-refractivity contribution in [3.05, 3.63) is 23.3 Å². The lowest BCUT2D eigenvalue weighted by atomic mass is 9.79. The van der Waals surface area contributed by atoms with Crippen LogP contribution in [-0.2, 0) is 9.47 Å². The second kappa shape index (κ2) is 3.52. The number of methoxy groups -OCH3 is 2. The topological polar surface area (TPSA) is 18.5 Å². The van der Waals surface area contributed by atoms with Crippen molar-refractivity contribution in [1.29, 1.82) is 0 Å². The quantitative estimate of drug-likeness (QED) is 0.632. The van der Waals surface area contributed by atoms with Crippen molar-refractivity contribution < 1.29 is 9.47 Å². The zero-order valence-electron chi connectivity index (χ0n) is 9.97. The molecule has 0 aromatic carbocycles. The molecule has 0 aromatic heterocycles. The minimum Gasteiger partial charge on any atom is -0.370 e. The van der Waals surface area contributed by atoms with Gasteiger partial charge in [-0.05, 0) is 51.0 Å². The van der Waals surface area contributed by atoms with Gasteiger partial charge in [-0.25, -0.2) is 0 Å². The van der Waals surface area contributed by atoms with Crippen LogP contribution < -0.4 is 0 Å². The van der Waals surface area contributed by atoms with Gasteiger partial charge in [0.15, 0.2) is 0 Å². The molecule has 0 aromatic rings. The summed E-state index contributed by atoms with van der Waals surface area (Å²) in [4.78, 5) is 0. The van der Waals surface area contributed by atoms with E-state index in [0.29, 0.717) is 0 Å². The standard InChI is InChI=1S/C12H20O2/c1-9-10(2)12(4,14-6)8-7-11(9,3)13-5/h7-8H,1-6H3. The zero-order chi connectivity index (χ0) is 11.0. The molecule has 0 N–H and O–H groups in total. The molecule has 0 amide bonds. The monoisotopic (exact) mass is 196 g/mol. The minimum atomic E-state index is -0.276. The molecule has 14 heavy (non-hydrogen) atoms. The molecule has 2 heteroatoms. The highest BCUT2D eigenvalue weighted by molar-refractivity contribution is 5.40. The molecule has 2 atom stereocenters. The highest BCUT2D eigenvalue weighted by atomic mass is 16.5. The second-order valence-electron chi connectivity index (χ2n) is 4.21. The van der Waals surface area contributed by atoms with Crippen LogP contribution in [0.5, 0.6) is 0 Å². The van der Waals surface area contributed by atoms with Crippen molar-refractivity contribution in [2.24, 2.45) is 0 Å². The van der Waals surface area contributed by atoms with E-state index in [0.717, 1.165) is 0 Å². The van der Waals surface area contributed by atoms with Gasteiger partial charge >= 0.3 is 0 Å². The zero-order valence-corrected chi connectivity index (χ0v) is 9.97. The number of hydrogen-bond acceptors (Lipinski definition) is 2. The summed E-state index contributed by atoms with van der Waals surface area (Å²) in [6.45, 7) is 8.33. The van der Waals surface area contributed by atoms with Gasteiger partial charge in [-0.2, -0.15) is 0 Å². The van der Waals surface area contributed by atoms with Crippen molar-refractivity contribution >= 4 is 0 Å². The molecular weight excluding hydrogens is 176 g/mol. The predicted molar refractivity (Wildman–Crippen MR) is 58.3 cm³/mol. The maximum Gasteiger partial charge on any atom is 0.104 e. The Balaban J connectivity index is 3.17. The van der Waals surface area contributed by atoms with Crippen LogP contribution in [0.1, 0.15) is 27.7 Å². The molecule has 0 aliphatic heterocycles. The minimum absolute atomic E-state index is 0.276. The van der Waals surface area contributed by atoms with Crippen LogP contribution in [0.3, 0.4) is 0 Å². The van der Waals surface area contributed by atoms with Crippen LogP contribution in [0.2, 0.25) is 0 Å². The Bertz CT molecular complexity index is 263. The van der Waals surface area contributed by atoms with E-state index in [1.165, 1.54) is 11.1 Å².